The number of nitrogens with zero attached hydrogens (tertiary/aromatic N) is 6. The molecule has 2 aromatic heterocycles. The van der Waals surface area contributed by atoms with Gasteiger partial charge in [0.2, 0.25) is 11.7 Å². The SMILES string of the molecule is Cc1ccccc1-c1noc(CC2CCCN(C(=O)c3cnn(-c4ccccc4)n3)C2)n1. The lowest BCUT2D eigenvalue weighted by molar-refractivity contribution is 0.0661. The molecule has 1 saturated heterocycles. The van der Waals surface area contributed by atoms with Crippen molar-refractivity contribution in [2.45, 2.75) is 26.2 Å². The van der Waals surface area contributed by atoms with E-state index in [0.717, 1.165) is 29.7 Å². The smallest absolute Gasteiger partial charge is 0.276 e. The summed E-state index contributed by atoms with van der Waals surface area (Å²) in [5.74, 6) is 1.39. The maximum atomic E-state index is 13.0. The largest absolute Gasteiger partial charge is 0.339 e. The number of aryl methyl sites for hydroxylation is 1. The molecule has 0 saturated carbocycles. The first-order valence-electron chi connectivity index (χ1n) is 10.8. The van der Waals surface area contributed by atoms with Gasteiger partial charge in [-0.2, -0.15) is 14.9 Å². The van der Waals surface area contributed by atoms with E-state index in [1.54, 1.807) is 0 Å². The fourth-order valence-corrected chi connectivity index (χ4v) is 4.14. The fraction of sp³-hybridized carbons (Fsp3) is 0.292. The number of hydrogen-bond donors (Lipinski definition) is 0. The molecule has 32 heavy (non-hydrogen) atoms. The summed E-state index contributed by atoms with van der Waals surface area (Å²) in [6, 6.07) is 17.6. The van der Waals surface area contributed by atoms with Crippen LogP contribution in [0.4, 0.5) is 0 Å². The lowest BCUT2D eigenvalue weighted by Crippen LogP contribution is -2.40. The van der Waals surface area contributed by atoms with E-state index >= 15 is 0 Å². The van der Waals surface area contributed by atoms with Gasteiger partial charge < -0.3 is 9.42 Å². The van der Waals surface area contributed by atoms with Crippen LogP contribution >= 0.6 is 0 Å². The summed E-state index contributed by atoms with van der Waals surface area (Å²) in [5.41, 5.74) is 3.26. The highest BCUT2D eigenvalue weighted by Gasteiger charge is 2.27. The molecule has 5 rings (SSSR count). The molecule has 0 N–H and O–H groups in total. The van der Waals surface area contributed by atoms with Crippen molar-refractivity contribution in [1.82, 2.24) is 30.0 Å². The number of carbonyl (C=O) groups excluding carboxylic acids is 1. The van der Waals surface area contributed by atoms with Crippen molar-refractivity contribution in [1.29, 1.82) is 0 Å². The van der Waals surface area contributed by atoms with Crippen molar-refractivity contribution in [2.24, 2.45) is 5.92 Å². The zero-order valence-electron chi connectivity index (χ0n) is 17.9. The molecular weight excluding hydrogens is 404 g/mol. The molecule has 1 fully saturated rings. The standard InChI is InChI=1S/C24H24N6O2/c1-17-8-5-6-12-20(17)23-26-22(32-28-23)14-18-9-7-13-29(16-18)24(31)21-15-25-30(27-21)19-10-3-2-4-11-19/h2-6,8,10-12,15,18H,7,9,13-14,16H2,1H3. The lowest BCUT2D eigenvalue weighted by Gasteiger charge is -2.31. The maximum absolute atomic E-state index is 13.0. The molecular formula is C24H24N6O2. The molecule has 4 aromatic rings. The number of rotatable bonds is 5. The Hall–Kier alpha value is -3.81. The van der Waals surface area contributed by atoms with Gasteiger partial charge in [0.05, 0.1) is 11.9 Å². The average molecular weight is 428 g/mol. The molecule has 2 aromatic carbocycles. The Morgan fingerprint density at radius 2 is 1.94 bits per heavy atom. The Morgan fingerprint density at radius 3 is 2.78 bits per heavy atom. The van der Waals surface area contributed by atoms with Crippen LogP contribution in [-0.4, -0.2) is 49.0 Å². The molecule has 0 radical (unpaired) electrons. The minimum atomic E-state index is -0.0944. The number of aromatic nitrogens is 5. The zero-order chi connectivity index (χ0) is 21.9. The quantitative estimate of drug-likeness (QED) is 0.481. The van der Waals surface area contributed by atoms with Crippen molar-refractivity contribution in [3.05, 3.63) is 77.9 Å². The van der Waals surface area contributed by atoms with Gasteiger partial charge in [0, 0.05) is 25.1 Å². The van der Waals surface area contributed by atoms with Gasteiger partial charge in [0.25, 0.3) is 5.91 Å². The molecule has 162 valence electrons. The number of para-hydroxylation sites is 1. The molecule has 1 aliphatic rings. The van der Waals surface area contributed by atoms with Crippen molar-refractivity contribution in [3.8, 4) is 17.1 Å². The number of benzene rings is 2. The molecule has 1 amide bonds. The maximum Gasteiger partial charge on any atom is 0.276 e. The van der Waals surface area contributed by atoms with E-state index in [1.165, 1.54) is 11.0 Å². The van der Waals surface area contributed by atoms with Gasteiger partial charge in [-0.3, -0.25) is 4.79 Å². The minimum Gasteiger partial charge on any atom is -0.339 e. The van der Waals surface area contributed by atoms with E-state index in [0.29, 0.717) is 36.9 Å². The van der Waals surface area contributed by atoms with Crippen LogP contribution in [0.1, 0.15) is 34.8 Å². The van der Waals surface area contributed by atoms with Gasteiger partial charge in [-0.25, -0.2) is 0 Å². The van der Waals surface area contributed by atoms with E-state index in [4.69, 9.17) is 4.52 Å². The van der Waals surface area contributed by atoms with E-state index in [9.17, 15) is 4.79 Å². The molecule has 3 heterocycles. The van der Waals surface area contributed by atoms with Crippen molar-refractivity contribution in [3.63, 3.8) is 0 Å². The normalized spacial score (nSPS) is 16.3. The van der Waals surface area contributed by atoms with Gasteiger partial charge in [0.15, 0.2) is 5.69 Å². The van der Waals surface area contributed by atoms with Crippen molar-refractivity contribution < 1.29 is 9.32 Å². The molecule has 0 spiro atoms. The topological polar surface area (TPSA) is 89.9 Å². The lowest BCUT2D eigenvalue weighted by atomic mass is 9.94. The van der Waals surface area contributed by atoms with Crippen LogP contribution in [0.25, 0.3) is 17.1 Å². The molecule has 1 aliphatic heterocycles. The molecule has 0 aliphatic carbocycles. The third-order valence-electron chi connectivity index (χ3n) is 5.82. The third kappa shape index (κ3) is 4.16. The van der Waals surface area contributed by atoms with Crippen LogP contribution in [0.5, 0.6) is 0 Å². The number of amides is 1. The Labute approximate surface area is 185 Å². The molecule has 1 atom stereocenters. The summed E-state index contributed by atoms with van der Waals surface area (Å²) < 4.78 is 5.52. The van der Waals surface area contributed by atoms with Crippen molar-refractivity contribution in [2.75, 3.05) is 13.1 Å². The monoisotopic (exact) mass is 428 g/mol. The Kier molecular flexibility index (Phi) is 5.49. The zero-order valence-corrected chi connectivity index (χ0v) is 17.9. The van der Waals surface area contributed by atoms with Crippen LogP contribution in [-0.2, 0) is 6.42 Å². The van der Waals surface area contributed by atoms with Crippen LogP contribution in [0.2, 0.25) is 0 Å². The molecule has 0 bridgehead atoms. The summed E-state index contributed by atoms with van der Waals surface area (Å²) in [5, 5.41) is 12.8. The average Bonchev–Trinajstić information content (AvgIpc) is 3.50. The highest BCUT2D eigenvalue weighted by Crippen LogP contribution is 2.24. The van der Waals surface area contributed by atoms with E-state index in [2.05, 4.69) is 20.3 Å². The van der Waals surface area contributed by atoms with E-state index < -0.39 is 0 Å². The van der Waals surface area contributed by atoms with Crippen LogP contribution < -0.4 is 0 Å². The molecule has 1 unspecified atom stereocenters. The number of hydrogen-bond acceptors (Lipinski definition) is 6. The molecule has 8 nitrogen and oxygen atoms in total. The highest BCUT2D eigenvalue weighted by molar-refractivity contribution is 5.92. The van der Waals surface area contributed by atoms with Gasteiger partial charge in [0.1, 0.15) is 0 Å². The molecule has 8 heteroatoms. The first-order valence-corrected chi connectivity index (χ1v) is 10.8. The first-order chi connectivity index (χ1) is 15.7. The second kappa shape index (κ2) is 8.74. The fourth-order valence-electron chi connectivity index (χ4n) is 4.14. The number of piperidine rings is 1. The van der Waals surface area contributed by atoms with E-state index in [1.807, 2.05) is 66.4 Å². The van der Waals surface area contributed by atoms with Gasteiger partial charge >= 0.3 is 0 Å². The van der Waals surface area contributed by atoms with Crippen LogP contribution in [0.15, 0.2) is 65.3 Å². The van der Waals surface area contributed by atoms with Crippen LogP contribution in [0.3, 0.4) is 0 Å². The summed E-state index contributed by atoms with van der Waals surface area (Å²) in [6.45, 7) is 3.38. The minimum absolute atomic E-state index is 0.0944. The Balaban J connectivity index is 1.25. The first kappa shape index (κ1) is 20.1. The number of likely N-dealkylation sites (tertiary alicyclic amines) is 1. The van der Waals surface area contributed by atoms with E-state index in [-0.39, 0.29) is 11.8 Å². The summed E-state index contributed by atoms with van der Waals surface area (Å²) in [7, 11) is 0. The Morgan fingerprint density at radius 1 is 1.12 bits per heavy atom. The van der Waals surface area contributed by atoms with Crippen LogP contribution in [0, 0.1) is 12.8 Å². The predicted octanol–water partition coefficient (Wildman–Crippen LogP) is 3.72. The number of carbonyl (C=O) groups is 1. The summed E-state index contributed by atoms with van der Waals surface area (Å²) in [6.07, 6.45) is 4.13. The second-order valence-electron chi connectivity index (χ2n) is 8.14. The second-order valence-corrected chi connectivity index (χ2v) is 8.14. The van der Waals surface area contributed by atoms with Gasteiger partial charge in [-0.15, -0.1) is 5.10 Å². The Bertz CT molecular complexity index is 1220. The van der Waals surface area contributed by atoms with Gasteiger partial charge in [-0.1, -0.05) is 47.6 Å². The van der Waals surface area contributed by atoms with Crippen molar-refractivity contribution >= 4 is 5.91 Å². The predicted molar refractivity (Wildman–Crippen MR) is 118 cm³/mol. The third-order valence-corrected chi connectivity index (χ3v) is 5.82. The highest BCUT2D eigenvalue weighted by atomic mass is 16.5. The van der Waals surface area contributed by atoms with Gasteiger partial charge in [-0.05, 0) is 43.4 Å². The summed E-state index contributed by atoms with van der Waals surface area (Å²) in [4.78, 5) is 21.0. The summed E-state index contributed by atoms with van der Waals surface area (Å²) >= 11 is 0.